The summed E-state index contributed by atoms with van der Waals surface area (Å²) in [5, 5.41) is 9.50. The smallest absolute Gasteiger partial charge is 0.337 e. The minimum atomic E-state index is -0.854. The van der Waals surface area contributed by atoms with Gasteiger partial charge in [-0.2, -0.15) is 0 Å². The molecule has 2 aromatic heterocycles. The molecule has 4 nitrogen and oxygen atoms in total. The molecule has 2 aromatic rings. The number of carboxylic acid groups (broad SMARTS) is 1. The third-order valence-corrected chi connectivity index (χ3v) is 5.05. The Morgan fingerprint density at radius 1 is 1.30 bits per heavy atom. The van der Waals surface area contributed by atoms with Crippen LogP contribution in [0.25, 0.3) is 11.3 Å². The summed E-state index contributed by atoms with van der Waals surface area (Å²) in [7, 11) is 0. The molecule has 0 radical (unpaired) electrons. The van der Waals surface area contributed by atoms with Crippen LogP contribution in [0, 0.1) is 19.8 Å². The molecule has 122 valence electrons. The number of nitrogens with zero attached hydrogens (tertiary/aromatic N) is 2. The van der Waals surface area contributed by atoms with Crippen LogP contribution in [0.1, 0.15) is 53.8 Å². The van der Waals surface area contributed by atoms with Crippen LogP contribution in [0.4, 0.5) is 0 Å². The maximum atomic E-state index is 11.6. The van der Waals surface area contributed by atoms with Gasteiger partial charge in [0.05, 0.1) is 11.3 Å². The van der Waals surface area contributed by atoms with Gasteiger partial charge in [-0.1, -0.05) is 19.3 Å². The predicted octanol–water partition coefficient (Wildman–Crippen LogP) is 4.45. The Kier molecular flexibility index (Phi) is 4.51. The van der Waals surface area contributed by atoms with Crippen LogP contribution in [0.3, 0.4) is 0 Å². The highest BCUT2D eigenvalue weighted by molar-refractivity contribution is 5.91. The summed E-state index contributed by atoms with van der Waals surface area (Å²) in [6, 6.07) is 5.75. The second-order valence-corrected chi connectivity index (χ2v) is 6.58. The lowest BCUT2D eigenvalue weighted by Crippen LogP contribution is -2.16. The van der Waals surface area contributed by atoms with Crippen LogP contribution in [0.5, 0.6) is 0 Å². The number of aromatic carboxylic acids is 1. The van der Waals surface area contributed by atoms with Crippen LogP contribution >= 0.6 is 0 Å². The number of hydrogen-bond acceptors (Lipinski definition) is 2. The fraction of sp³-hybridized carbons (Fsp3) is 0.474. The zero-order valence-corrected chi connectivity index (χ0v) is 13.9. The summed E-state index contributed by atoms with van der Waals surface area (Å²) in [5.41, 5.74) is 4.20. The maximum Gasteiger partial charge on any atom is 0.337 e. The number of pyridine rings is 1. The van der Waals surface area contributed by atoms with Crippen LogP contribution in [0.15, 0.2) is 24.4 Å². The van der Waals surface area contributed by atoms with Crippen molar-refractivity contribution in [3.05, 3.63) is 41.3 Å². The number of aryl methyl sites for hydroxylation is 1. The average molecular weight is 312 g/mol. The first-order valence-corrected chi connectivity index (χ1v) is 8.43. The largest absolute Gasteiger partial charge is 0.478 e. The van der Waals surface area contributed by atoms with E-state index in [9.17, 15) is 9.90 Å². The fourth-order valence-electron chi connectivity index (χ4n) is 3.70. The fourth-order valence-corrected chi connectivity index (χ4v) is 3.70. The second kappa shape index (κ2) is 6.57. The number of carbonyl (C=O) groups is 1. The quantitative estimate of drug-likeness (QED) is 0.907. The third kappa shape index (κ3) is 3.16. The van der Waals surface area contributed by atoms with Gasteiger partial charge in [-0.15, -0.1) is 0 Å². The first-order valence-electron chi connectivity index (χ1n) is 8.43. The van der Waals surface area contributed by atoms with Crippen molar-refractivity contribution in [3.8, 4) is 11.3 Å². The van der Waals surface area contributed by atoms with Gasteiger partial charge < -0.3 is 9.67 Å². The molecule has 0 spiro atoms. The zero-order chi connectivity index (χ0) is 16.4. The highest BCUT2D eigenvalue weighted by Crippen LogP contribution is 2.32. The molecular formula is C19H24N2O2. The molecule has 23 heavy (non-hydrogen) atoms. The summed E-state index contributed by atoms with van der Waals surface area (Å²) in [6.07, 6.45) is 8.17. The third-order valence-electron chi connectivity index (χ3n) is 5.05. The van der Waals surface area contributed by atoms with Crippen LogP contribution in [0.2, 0.25) is 0 Å². The molecule has 1 fully saturated rings. The summed E-state index contributed by atoms with van der Waals surface area (Å²) in [6.45, 7) is 4.80. The van der Waals surface area contributed by atoms with Gasteiger partial charge in [0.25, 0.3) is 0 Å². The van der Waals surface area contributed by atoms with Crippen molar-refractivity contribution in [3.63, 3.8) is 0 Å². The predicted molar refractivity (Wildman–Crippen MR) is 90.7 cm³/mol. The molecular weight excluding hydrogens is 288 g/mol. The first kappa shape index (κ1) is 15.8. The highest BCUT2D eigenvalue weighted by Gasteiger charge is 2.22. The van der Waals surface area contributed by atoms with Gasteiger partial charge in [0.1, 0.15) is 0 Å². The van der Waals surface area contributed by atoms with Crippen molar-refractivity contribution >= 4 is 5.97 Å². The molecule has 1 aliphatic carbocycles. The Balaban J connectivity index is 2.05. The van der Waals surface area contributed by atoms with Crippen molar-refractivity contribution in [2.75, 3.05) is 0 Å². The molecule has 0 amide bonds. The number of hydrogen-bond donors (Lipinski definition) is 1. The molecule has 2 heterocycles. The maximum absolute atomic E-state index is 11.6. The highest BCUT2D eigenvalue weighted by atomic mass is 16.4. The van der Waals surface area contributed by atoms with Crippen molar-refractivity contribution in [2.45, 2.75) is 52.5 Å². The van der Waals surface area contributed by atoms with Crippen molar-refractivity contribution in [2.24, 2.45) is 5.92 Å². The Hall–Kier alpha value is -2.10. The molecule has 3 rings (SSSR count). The van der Waals surface area contributed by atoms with E-state index in [0.29, 0.717) is 11.5 Å². The van der Waals surface area contributed by atoms with Gasteiger partial charge in [0.2, 0.25) is 0 Å². The standard InChI is InChI=1S/C19H24N2O2/c1-13-16(9-6-10-20-13)18-11-17(19(22)23)14(2)21(18)12-15-7-4-3-5-8-15/h6,9-11,15H,3-5,7-8,12H2,1-2H3,(H,22,23). The van der Waals surface area contributed by atoms with E-state index in [1.807, 2.05) is 32.0 Å². The Morgan fingerprint density at radius 2 is 2.04 bits per heavy atom. The van der Waals surface area contributed by atoms with Gasteiger partial charge in [-0.05, 0) is 50.8 Å². The van der Waals surface area contributed by atoms with E-state index in [1.165, 1.54) is 32.1 Å². The molecule has 0 aromatic carbocycles. The number of aromatic nitrogens is 2. The molecule has 1 saturated carbocycles. The van der Waals surface area contributed by atoms with E-state index in [-0.39, 0.29) is 0 Å². The lowest BCUT2D eigenvalue weighted by atomic mass is 9.89. The molecule has 1 aliphatic rings. The van der Waals surface area contributed by atoms with E-state index in [1.54, 1.807) is 6.20 Å². The van der Waals surface area contributed by atoms with Crippen LogP contribution in [-0.2, 0) is 6.54 Å². The second-order valence-electron chi connectivity index (χ2n) is 6.58. The average Bonchev–Trinajstić information content (AvgIpc) is 2.86. The normalized spacial score (nSPS) is 15.7. The molecule has 0 aliphatic heterocycles. The molecule has 0 unspecified atom stereocenters. The van der Waals surface area contributed by atoms with E-state index in [0.717, 1.165) is 29.2 Å². The Labute approximate surface area is 137 Å². The topological polar surface area (TPSA) is 55.1 Å². The first-order chi connectivity index (χ1) is 11.1. The lowest BCUT2D eigenvalue weighted by Gasteiger charge is -2.24. The van der Waals surface area contributed by atoms with Gasteiger partial charge >= 0.3 is 5.97 Å². The van der Waals surface area contributed by atoms with Gasteiger partial charge in [0, 0.05) is 29.7 Å². The van der Waals surface area contributed by atoms with Crippen LogP contribution in [-0.4, -0.2) is 20.6 Å². The molecule has 4 heteroatoms. The number of rotatable bonds is 4. The van der Waals surface area contributed by atoms with Crippen molar-refractivity contribution in [1.29, 1.82) is 0 Å². The Bertz CT molecular complexity index is 712. The minimum Gasteiger partial charge on any atom is -0.478 e. The summed E-state index contributed by atoms with van der Waals surface area (Å²) >= 11 is 0. The van der Waals surface area contributed by atoms with Gasteiger partial charge in [0.15, 0.2) is 0 Å². The Morgan fingerprint density at radius 3 is 2.70 bits per heavy atom. The summed E-state index contributed by atoms with van der Waals surface area (Å²) in [5.74, 6) is -0.208. The molecule has 0 saturated heterocycles. The minimum absolute atomic E-state index is 0.402. The molecule has 0 atom stereocenters. The number of carboxylic acids is 1. The summed E-state index contributed by atoms with van der Waals surface area (Å²) in [4.78, 5) is 15.9. The SMILES string of the molecule is Cc1ncccc1-c1cc(C(=O)O)c(C)n1CC1CCCCC1. The van der Waals surface area contributed by atoms with E-state index in [2.05, 4.69) is 9.55 Å². The van der Waals surface area contributed by atoms with E-state index < -0.39 is 5.97 Å². The lowest BCUT2D eigenvalue weighted by molar-refractivity contribution is 0.0696. The van der Waals surface area contributed by atoms with Gasteiger partial charge in [-0.25, -0.2) is 4.79 Å². The van der Waals surface area contributed by atoms with E-state index >= 15 is 0 Å². The van der Waals surface area contributed by atoms with Crippen molar-refractivity contribution < 1.29 is 9.90 Å². The molecule has 1 N–H and O–H groups in total. The summed E-state index contributed by atoms with van der Waals surface area (Å²) < 4.78 is 2.20. The monoisotopic (exact) mass is 312 g/mol. The van der Waals surface area contributed by atoms with Gasteiger partial charge in [-0.3, -0.25) is 4.98 Å². The zero-order valence-electron chi connectivity index (χ0n) is 13.9. The van der Waals surface area contributed by atoms with E-state index in [4.69, 9.17) is 0 Å². The van der Waals surface area contributed by atoms with Crippen LogP contribution < -0.4 is 0 Å². The van der Waals surface area contributed by atoms with Crippen molar-refractivity contribution in [1.82, 2.24) is 9.55 Å². The molecule has 0 bridgehead atoms.